The molecule has 7 heteroatoms. The summed E-state index contributed by atoms with van der Waals surface area (Å²) in [5.41, 5.74) is 1.91. The van der Waals surface area contributed by atoms with Crippen molar-refractivity contribution in [1.82, 2.24) is 10.6 Å². The summed E-state index contributed by atoms with van der Waals surface area (Å²) in [5, 5.41) is 6.39. The molecule has 2 N–H and O–H groups in total. The molecule has 0 spiro atoms. The van der Waals surface area contributed by atoms with Crippen molar-refractivity contribution in [2.45, 2.75) is 19.5 Å². The molecule has 0 aliphatic rings. The third kappa shape index (κ3) is 6.23. The van der Waals surface area contributed by atoms with Gasteiger partial charge in [-0.3, -0.25) is 4.99 Å². The molecule has 0 heterocycles. The van der Waals surface area contributed by atoms with Crippen molar-refractivity contribution in [2.75, 3.05) is 20.8 Å². The first kappa shape index (κ1) is 19.5. The van der Waals surface area contributed by atoms with E-state index < -0.39 is 13.0 Å². The van der Waals surface area contributed by atoms with Crippen molar-refractivity contribution in [3.8, 4) is 11.5 Å². The molecule has 0 aliphatic heterocycles. The SMILES string of the molecule is CN=C(NCc1cccc(OCC(F)F)c1)NCc1ccccc1OC. The summed E-state index contributed by atoms with van der Waals surface area (Å²) in [6.07, 6.45) is -2.49. The summed E-state index contributed by atoms with van der Waals surface area (Å²) in [5.74, 6) is 1.84. The van der Waals surface area contributed by atoms with E-state index in [-0.39, 0.29) is 0 Å². The first-order valence-corrected chi connectivity index (χ1v) is 8.18. The lowest BCUT2D eigenvalue weighted by atomic mass is 10.2. The van der Waals surface area contributed by atoms with Crippen LogP contribution in [0.2, 0.25) is 0 Å². The molecule has 2 aromatic carbocycles. The highest BCUT2D eigenvalue weighted by atomic mass is 19.3. The van der Waals surface area contributed by atoms with Crippen LogP contribution in [-0.2, 0) is 13.1 Å². The van der Waals surface area contributed by atoms with Gasteiger partial charge in [0.15, 0.2) is 5.96 Å². The average molecular weight is 363 g/mol. The Morgan fingerprint density at radius 2 is 1.85 bits per heavy atom. The van der Waals surface area contributed by atoms with Gasteiger partial charge in [-0.15, -0.1) is 0 Å². The minimum absolute atomic E-state index is 0.418. The third-order valence-corrected chi connectivity index (χ3v) is 3.60. The fraction of sp³-hybridized carbons (Fsp3) is 0.316. The Balaban J connectivity index is 1.88. The van der Waals surface area contributed by atoms with Gasteiger partial charge in [0.05, 0.1) is 7.11 Å². The van der Waals surface area contributed by atoms with Crippen LogP contribution in [0.3, 0.4) is 0 Å². The topological polar surface area (TPSA) is 54.9 Å². The van der Waals surface area contributed by atoms with Crippen molar-refractivity contribution < 1.29 is 18.3 Å². The van der Waals surface area contributed by atoms with Gasteiger partial charge < -0.3 is 20.1 Å². The lowest BCUT2D eigenvalue weighted by molar-refractivity contribution is 0.0818. The van der Waals surface area contributed by atoms with E-state index in [1.165, 1.54) is 0 Å². The first-order valence-electron chi connectivity index (χ1n) is 8.18. The number of halogens is 2. The smallest absolute Gasteiger partial charge is 0.272 e. The number of nitrogens with zero attached hydrogens (tertiary/aromatic N) is 1. The summed E-state index contributed by atoms with van der Waals surface area (Å²) in [4.78, 5) is 4.18. The molecule has 0 unspecified atom stereocenters. The number of alkyl halides is 2. The van der Waals surface area contributed by atoms with Gasteiger partial charge >= 0.3 is 0 Å². The zero-order valence-corrected chi connectivity index (χ0v) is 14.8. The van der Waals surface area contributed by atoms with Crippen molar-refractivity contribution >= 4 is 5.96 Å². The normalized spacial score (nSPS) is 11.3. The summed E-state index contributed by atoms with van der Waals surface area (Å²) < 4.78 is 34.8. The Morgan fingerprint density at radius 1 is 1.08 bits per heavy atom. The number of nitrogens with one attached hydrogen (secondary N) is 2. The summed E-state index contributed by atoms with van der Waals surface area (Å²) in [6, 6.07) is 14.8. The molecule has 0 radical (unpaired) electrons. The van der Waals surface area contributed by atoms with Crippen molar-refractivity contribution in [2.24, 2.45) is 4.99 Å². The molecule has 0 bridgehead atoms. The van der Waals surface area contributed by atoms with Crippen LogP contribution >= 0.6 is 0 Å². The van der Waals surface area contributed by atoms with E-state index >= 15 is 0 Å². The molecule has 140 valence electrons. The van der Waals surface area contributed by atoms with Crippen LogP contribution in [0.4, 0.5) is 8.78 Å². The minimum atomic E-state index is -2.49. The molecule has 0 saturated heterocycles. The van der Waals surface area contributed by atoms with E-state index in [0.29, 0.717) is 24.8 Å². The van der Waals surface area contributed by atoms with Crippen LogP contribution in [0.25, 0.3) is 0 Å². The summed E-state index contributed by atoms with van der Waals surface area (Å²) in [7, 11) is 3.31. The molecule has 0 aromatic heterocycles. The van der Waals surface area contributed by atoms with E-state index in [1.54, 1.807) is 32.4 Å². The zero-order valence-electron chi connectivity index (χ0n) is 14.8. The number of rotatable bonds is 8. The lowest BCUT2D eigenvalue weighted by Crippen LogP contribution is -2.36. The molecule has 26 heavy (non-hydrogen) atoms. The van der Waals surface area contributed by atoms with Crippen LogP contribution in [0, 0.1) is 0 Å². The van der Waals surface area contributed by atoms with Crippen LogP contribution in [0.15, 0.2) is 53.5 Å². The van der Waals surface area contributed by atoms with Gasteiger partial charge in [-0.05, 0) is 23.8 Å². The van der Waals surface area contributed by atoms with Gasteiger partial charge in [-0.1, -0.05) is 30.3 Å². The second kappa shape index (κ2) is 10.2. The van der Waals surface area contributed by atoms with E-state index in [9.17, 15) is 8.78 Å². The van der Waals surface area contributed by atoms with Crippen molar-refractivity contribution in [3.63, 3.8) is 0 Å². The van der Waals surface area contributed by atoms with Crippen LogP contribution < -0.4 is 20.1 Å². The molecule has 2 aromatic rings. The van der Waals surface area contributed by atoms with Crippen molar-refractivity contribution in [3.05, 3.63) is 59.7 Å². The second-order valence-corrected chi connectivity index (χ2v) is 5.44. The standard InChI is InChI=1S/C19H23F2N3O2/c1-22-19(24-12-15-7-3-4-9-17(15)25-2)23-11-14-6-5-8-16(10-14)26-13-18(20)21/h3-10,18H,11-13H2,1-2H3,(H2,22,23,24). The highest BCUT2D eigenvalue weighted by Gasteiger charge is 2.06. The van der Waals surface area contributed by atoms with Gasteiger partial charge in [0.25, 0.3) is 6.43 Å². The minimum Gasteiger partial charge on any atom is -0.496 e. The van der Waals surface area contributed by atoms with Gasteiger partial charge in [-0.25, -0.2) is 8.78 Å². The third-order valence-electron chi connectivity index (χ3n) is 3.60. The Hall–Kier alpha value is -2.83. The Bertz CT molecular complexity index is 723. The van der Waals surface area contributed by atoms with Crippen LogP contribution in [0.5, 0.6) is 11.5 Å². The van der Waals surface area contributed by atoms with E-state index in [1.807, 2.05) is 30.3 Å². The van der Waals surface area contributed by atoms with Gasteiger partial charge in [0.1, 0.15) is 18.1 Å². The summed E-state index contributed by atoms with van der Waals surface area (Å²) in [6.45, 7) is 0.428. The van der Waals surface area contributed by atoms with Crippen LogP contribution in [-0.4, -0.2) is 33.1 Å². The number of ether oxygens (including phenoxy) is 2. The van der Waals surface area contributed by atoms with Crippen LogP contribution in [0.1, 0.15) is 11.1 Å². The van der Waals surface area contributed by atoms with Gasteiger partial charge in [0, 0.05) is 25.7 Å². The van der Waals surface area contributed by atoms with E-state index in [2.05, 4.69) is 15.6 Å². The maximum absolute atomic E-state index is 12.2. The quantitative estimate of drug-likeness (QED) is 0.559. The Labute approximate surface area is 152 Å². The lowest BCUT2D eigenvalue weighted by Gasteiger charge is -2.14. The van der Waals surface area contributed by atoms with E-state index in [0.717, 1.165) is 16.9 Å². The zero-order chi connectivity index (χ0) is 18.8. The Kier molecular flexibility index (Phi) is 7.67. The number of aliphatic imine (C=N–C) groups is 1. The van der Waals surface area contributed by atoms with Crippen molar-refractivity contribution in [1.29, 1.82) is 0 Å². The number of hydrogen-bond donors (Lipinski definition) is 2. The van der Waals surface area contributed by atoms with E-state index in [4.69, 9.17) is 9.47 Å². The van der Waals surface area contributed by atoms with Gasteiger partial charge in [0.2, 0.25) is 0 Å². The Morgan fingerprint density at radius 3 is 2.58 bits per heavy atom. The fourth-order valence-electron chi connectivity index (χ4n) is 2.34. The molecule has 0 saturated carbocycles. The molecule has 2 rings (SSSR count). The highest BCUT2D eigenvalue weighted by Crippen LogP contribution is 2.17. The highest BCUT2D eigenvalue weighted by molar-refractivity contribution is 5.79. The maximum atomic E-state index is 12.2. The molecular formula is C19H23F2N3O2. The largest absolute Gasteiger partial charge is 0.496 e. The molecule has 0 aliphatic carbocycles. The molecule has 0 amide bonds. The predicted octanol–water partition coefficient (Wildman–Crippen LogP) is 3.20. The number of hydrogen-bond acceptors (Lipinski definition) is 3. The molecule has 5 nitrogen and oxygen atoms in total. The number of benzene rings is 2. The second-order valence-electron chi connectivity index (χ2n) is 5.44. The maximum Gasteiger partial charge on any atom is 0.272 e. The molecular weight excluding hydrogens is 340 g/mol. The van der Waals surface area contributed by atoms with Gasteiger partial charge in [-0.2, -0.15) is 0 Å². The number of methoxy groups -OCH3 is 1. The first-order chi connectivity index (χ1) is 12.6. The average Bonchev–Trinajstić information content (AvgIpc) is 2.67. The monoisotopic (exact) mass is 363 g/mol. The fourth-order valence-corrected chi connectivity index (χ4v) is 2.34. The predicted molar refractivity (Wildman–Crippen MR) is 98.0 cm³/mol. The molecule has 0 atom stereocenters. The number of guanidine groups is 1. The molecule has 0 fully saturated rings. The number of para-hydroxylation sites is 1. The summed E-state index contributed by atoms with van der Waals surface area (Å²) >= 11 is 0.